The number of methoxy groups -OCH3 is 1. The van der Waals surface area contributed by atoms with Crippen molar-refractivity contribution in [3.8, 4) is 22.6 Å². The van der Waals surface area contributed by atoms with Crippen LogP contribution in [0.25, 0.3) is 17.2 Å². The first kappa shape index (κ1) is 28.5. The highest BCUT2D eigenvalue weighted by Crippen LogP contribution is 2.42. The fourth-order valence-corrected chi connectivity index (χ4v) is 5.34. The van der Waals surface area contributed by atoms with Crippen LogP contribution in [0, 0.1) is 6.92 Å². The summed E-state index contributed by atoms with van der Waals surface area (Å²) in [5.41, 5.74) is 6.97. The second-order valence-corrected chi connectivity index (χ2v) is 10.1. The first-order valence-corrected chi connectivity index (χ1v) is 13.7. The van der Waals surface area contributed by atoms with Crippen LogP contribution in [0.4, 0.5) is 0 Å². The Bertz CT molecular complexity index is 1210. The van der Waals surface area contributed by atoms with Gasteiger partial charge in [-0.2, -0.15) is 0 Å². The number of aromatic hydroxyl groups is 1. The number of aryl methyl sites for hydroxylation is 2. The normalized spacial score (nSPS) is 12.3. The number of rotatable bonds is 11. The number of aliphatic hydroxyl groups is 1. The van der Waals surface area contributed by atoms with Gasteiger partial charge in [0.05, 0.1) is 12.7 Å². The Morgan fingerprint density at radius 2 is 1.43 bits per heavy atom. The summed E-state index contributed by atoms with van der Waals surface area (Å²) in [4.78, 5) is 0. The molecule has 0 aliphatic rings. The molecule has 198 valence electrons. The number of phenolic OH excluding ortho intramolecular Hbond substituents is 1. The Labute approximate surface area is 223 Å². The van der Waals surface area contributed by atoms with Crippen molar-refractivity contribution in [2.24, 2.45) is 0 Å². The van der Waals surface area contributed by atoms with Crippen molar-refractivity contribution in [2.45, 2.75) is 84.7 Å². The quantitative estimate of drug-likeness (QED) is 0.277. The Kier molecular flexibility index (Phi) is 9.26. The van der Waals surface area contributed by atoms with Crippen LogP contribution in [0.5, 0.6) is 11.5 Å². The van der Waals surface area contributed by atoms with Gasteiger partial charge in [-0.1, -0.05) is 89.2 Å². The van der Waals surface area contributed by atoms with E-state index in [1.54, 1.807) is 7.11 Å². The highest BCUT2D eigenvalue weighted by atomic mass is 16.5. The molecule has 0 heterocycles. The van der Waals surface area contributed by atoms with E-state index in [4.69, 9.17) is 4.74 Å². The standard InChI is InChI=1S/C34H44O3/c1-8-25-22-30(32(35)31(23-25)37-7)27-14-16-28(17-15-27)34(11-4,12-5)29-18-13-26(24(6)21-29)19-20-33(36,9-2)10-3/h13-23,35-36H,8-12H2,1-7H3/b20-19+. The van der Waals surface area contributed by atoms with E-state index in [0.717, 1.165) is 41.5 Å². The number of ether oxygens (including phenoxy) is 1. The summed E-state index contributed by atoms with van der Waals surface area (Å²) in [6, 6.07) is 19.3. The average molecular weight is 501 g/mol. The maximum atomic E-state index is 10.8. The molecule has 0 radical (unpaired) electrons. The Morgan fingerprint density at radius 3 is 1.95 bits per heavy atom. The van der Waals surface area contributed by atoms with Crippen LogP contribution < -0.4 is 4.74 Å². The van der Waals surface area contributed by atoms with E-state index < -0.39 is 5.60 Å². The zero-order chi connectivity index (χ0) is 27.2. The van der Waals surface area contributed by atoms with Gasteiger partial charge in [-0.3, -0.25) is 0 Å². The molecule has 0 aromatic heterocycles. The number of hydrogen-bond acceptors (Lipinski definition) is 3. The fourth-order valence-electron chi connectivity index (χ4n) is 5.34. The lowest BCUT2D eigenvalue weighted by atomic mass is 9.70. The molecule has 2 N–H and O–H groups in total. The van der Waals surface area contributed by atoms with Crippen LogP contribution in [-0.4, -0.2) is 22.9 Å². The molecule has 0 amide bonds. The summed E-state index contributed by atoms with van der Waals surface area (Å²) in [7, 11) is 1.59. The minimum absolute atomic E-state index is 0.107. The van der Waals surface area contributed by atoms with Crippen molar-refractivity contribution >= 4 is 6.08 Å². The molecule has 0 spiro atoms. The molecule has 3 nitrogen and oxygen atoms in total. The molecule has 3 aromatic carbocycles. The maximum absolute atomic E-state index is 10.8. The predicted molar refractivity (Wildman–Crippen MR) is 157 cm³/mol. The van der Waals surface area contributed by atoms with Gasteiger partial charge in [-0.15, -0.1) is 0 Å². The van der Waals surface area contributed by atoms with Gasteiger partial charge in [0, 0.05) is 11.0 Å². The van der Waals surface area contributed by atoms with E-state index in [9.17, 15) is 10.2 Å². The van der Waals surface area contributed by atoms with Crippen LogP contribution in [-0.2, 0) is 11.8 Å². The van der Waals surface area contributed by atoms with Gasteiger partial charge in [0.1, 0.15) is 0 Å². The molecule has 3 rings (SSSR count). The molecule has 0 saturated heterocycles. The minimum Gasteiger partial charge on any atom is -0.504 e. The van der Waals surface area contributed by atoms with Crippen molar-refractivity contribution in [1.29, 1.82) is 0 Å². The molecule has 3 aromatic rings. The van der Waals surface area contributed by atoms with Crippen molar-refractivity contribution in [1.82, 2.24) is 0 Å². The maximum Gasteiger partial charge on any atom is 0.165 e. The molecule has 0 unspecified atom stereocenters. The number of benzene rings is 3. The average Bonchev–Trinajstić information content (AvgIpc) is 2.94. The zero-order valence-corrected chi connectivity index (χ0v) is 23.7. The van der Waals surface area contributed by atoms with Gasteiger partial charge in [-0.05, 0) is 84.5 Å². The summed E-state index contributed by atoms with van der Waals surface area (Å²) < 4.78 is 5.42. The largest absolute Gasteiger partial charge is 0.504 e. The molecule has 0 atom stereocenters. The summed E-state index contributed by atoms with van der Waals surface area (Å²) in [5.74, 6) is 0.692. The zero-order valence-electron chi connectivity index (χ0n) is 23.7. The Balaban J connectivity index is 2.01. The van der Waals surface area contributed by atoms with Crippen molar-refractivity contribution in [3.05, 3.63) is 88.5 Å². The van der Waals surface area contributed by atoms with Crippen molar-refractivity contribution in [3.63, 3.8) is 0 Å². The predicted octanol–water partition coefficient (Wildman–Crippen LogP) is 8.61. The first-order chi connectivity index (χ1) is 17.7. The lowest BCUT2D eigenvalue weighted by molar-refractivity contribution is 0.0836. The molecular formula is C34H44O3. The van der Waals surface area contributed by atoms with Crippen LogP contribution in [0.1, 0.15) is 88.1 Å². The molecule has 0 bridgehead atoms. The van der Waals surface area contributed by atoms with Crippen LogP contribution >= 0.6 is 0 Å². The van der Waals surface area contributed by atoms with E-state index in [0.29, 0.717) is 18.6 Å². The third-order valence-electron chi connectivity index (χ3n) is 8.34. The van der Waals surface area contributed by atoms with Gasteiger partial charge in [0.25, 0.3) is 0 Å². The Hall–Kier alpha value is -3.04. The first-order valence-electron chi connectivity index (χ1n) is 13.7. The molecular weight excluding hydrogens is 456 g/mol. The van der Waals surface area contributed by atoms with Crippen molar-refractivity contribution in [2.75, 3.05) is 7.11 Å². The Morgan fingerprint density at radius 1 is 0.811 bits per heavy atom. The van der Waals surface area contributed by atoms with Gasteiger partial charge < -0.3 is 14.9 Å². The highest BCUT2D eigenvalue weighted by Gasteiger charge is 2.31. The SMILES string of the molecule is CCc1cc(OC)c(O)c(-c2ccc(C(CC)(CC)c3ccc(/C=C/C(O)(CC)CC)c(C)c3)cc2)c1. The van der Waals surface area contributed by atoms with Crippen LogP contribution in [0.3, 0.4) is 0 Å². The summed E-state index contributed by atoms with van der Waals surface area (Å²) >= 11 is 0. The second kappa shape index (κ2) is 12.0. The molecule has 0 fully saturated rings. The summed E-state index contributed by atoms with van der Waals surface area (Å²) in [6.07, 6.45) is 8.24. The third-order valence-corrected chi connectivity index (χ3v) is 8.34. The molecule has 0 saturated carbocycles. The van der Waals surface area contributed by atoms with Crippen molar-refractivity contribution < 1.29 is 14.9 Å². The lowest BCUT2D eigenvalue weighted by Crippen LogP contribution is -2.26. The van der Waals surface area contributed by atoms with Crippen LogP contribution in [0.2, 0.25) is 0 Å². The highest BCUT2D eigenvalue weighted by molar-refractivity contribution is 5.74. The third kappa shape index (κ3) is 5.78. The molecule has 3 heteroatoms. The fraction of sp³-hybridized carbons (Fsp3) is 0.412. The van der Waals surface area contributed by atoms with E-state index in [2.05, 4.69) is 76.2 Å². The van der Waals surface area contributed by atoms with Gasteiger partial charge >= 0.3 is 0 Å². The van der Waals surface area contributed by atoms with Gasteiger partial charge in [0.2, 0.25) is 0 Å². The van der Waals surface area contributed by atoms with Gasteiger partial charge in [0.15, 0.2) is 11.5 Å². The summed E-state index contributed by atoms with van der Waals surface area (Å²) in [6.45, 7) is 12.8. The molecule has 0 aliphatic heterocycles. The minimum atomic E-state index is -0.751. The molecule has 37 heavy (non-hydrogen) atoms. The summed E-state index contributed by atoms with van der Waals surface area (Å²) in [5, 5.41) is 21.5. The van der Waals surface area contributed by atoms with Crippen LogP contribution in [0.15, 0.2) is 60.7 Å². The van der Waals surface area contributed by atoms with Gasteiger partial charge in [-0.25, -0.2) is 0 Å². The topological polar surface area (TPSA) is 49.7 Å². The lowest BCUT2D eigenvalue weighted by Gasteiger charge is -2.34. The number of phenols is 1. The second-order valence-electron chi connectivity index (χ2n) is 10.1. The monoisotopic (exact) mass is 500 g/mol. The number of hydrogen-bond donors (Lipinski definition) is 2. The van der Waals surface area contributed by atoms with E-state index in [-0.39, 0.29) is 11.2 Å². The van der Waals surface area contributed by atoms with E-state index >= 15 is 0 Å². The smallest absolute Gasteiger partial charge is 0.165 e. The van der Waals surface area contributed by atoms with E-state index in [1.807, 2.05) is 32.1 Å². The van der Waals surface area contributed by atoms with E-state index in [1.165, 1.54) is 16.7 Å². The molecule has 0 aliphatic carbocycles.